The number of hydrogen-bond acceptors (Lipinski definition) is 3. The molecule has 1 fully saturated rings. The second-order valence-electron chi connectivity index (χ2n) is 4.17. The van der Waals surface area contributed by atoms with Crippen molar-refractivity contribution in [2.45, 2.75) is 13.3 Å². The SMILES string of the molecule is CC1CCN(c2ncc(Br)cc2C(=O)O)C1. The summed E-state index contributed by atoms with van der Waals surface area (Å²) in [5.41, 5.74) is 0.267. The zero-order chi connectivity index (χ0) is 11.7. The van der Waals surface area contributed by atoms with Gasteiger partial charge in [0.15, 0.2) is 0 Å². The lowest BCUT2D eigenvalue weighted by Crippen LogP contribution is -2.23. The summed E-state index contributed by atoms with van der Waals surface area (Å²) >= 11 is 3.24. The standard InChI is InChI=1S/C11H13BrN2O2/c1-7-2-3-14(6-7)10-9(11(15)16)4-8(12)5-13-10/h4-5,7H,2-3,6H2,1H3,(H,15,16). The minimum atomic E-state index is -0.927. The van der Waals surface area contributed by atoms with E-state index in [1.165, 1.54) is 0 Å². The molecule has 0 bridgehead atoms. The van der Waals surface area contributed by atoms with Crippen LogP contribution in [0.5, 0.6) is 0 Å². The molecular weight excluding hydrogens is 272 g/mol. The van der Waals surface area contributed by atoms with E-state index in [0.717, 1.165) is 19.5 Å². The third-order valence-corrected chi connectivity index (χ3v) is 3.22. The molecule has 1 N–H and O–H groups in total. The summed E-state index contributed by atoms with van der Waals surface area (Å²) in [6.07, 6.45) is 2.74. The van der Waals surface area contributed by atoms with Gasteiger partial charge < -0.3 is 10.0 Å². The Labute approximate surface area is 102 Å². The Hall–Kier alpha value is -1.10. The Morgan fingerprint density at radius 1 is 1.69 bits per heavy atom. The van der Waals surface area contributed by atoms with Gasteiger partial charge in [0.1, 0.15) is 11.4 Å². The highest BCUT2D eigenvalue weighted by atomic mass is 79.9. The summed E-state index contributed by atoms with van der Waals surface area (Å²) in [6.45, 7) is 3.93. The summed E-state index contributed by atoms with van der Waals surface area (Å²) in [7, 11) is 0. The van der Waals surface area contributed by atoms with Gasteiger partial charge in [-0.05, 0) is 34.3 Å². The number of carbonyl (C=O) groups is 1. The smallest absolute Gasteiger partial charge is 0.339 e. The van der Waals surface area contributed by atoms with Crippen molar-refractivity contribution in [3.63, 3.8) is 0 Å². The molecule has 0 saturated carbocycles. The van der Waals surface area contributed by atoms with Crippen LogP contribution in [0.2, 0.25) is 0 Å². The minimum absolute atomic E-state index is 0.267. The first-order valence-corrected chi connectivity index (χ1v) is 6.01. The van der Waals surface area contributed by atoms with E-state index < -0.39 is 5.97 Å². The molecule has 16 heavy (non-hydrogen) atoms. The van der Waals surface area contributed by atoms with Crippen molar-refractivity contribution in [1.29, 1.82) is 0 Å². The first-order chi connectivity index (χ1) is 7.58. The molecule has 1 aromatic heterocycles. The molecule has 0 amide bonds. The molecule has 1 aliphatic heterocycles. The second-order valence-corrected chi connectivity index (χ2v) is 5.09. The van der Waals surface area contributed by atoms with Crippen molar-refractivity contribution >= 4 is 27.7 Å². The number of aromatic carboxylic acids is 1. The van der Waals surface area contributed by atoms with Crippen LogP contribution in [-0.4, -0.2) is 29.1 Å². The third-order valence-electron chi connectivity index (χ3n) is 2.79. The van der Waals surface area contributed by atoms with Crippen LogP contribution in [-0.2, 0) is 0 Å². The Morgan fingerprint density at radius 3 is 3.00 bits per heavy atom. The normalized spacial score (nSPS) is 20.1. The predicted molar refractivity (Wildman–Crippen MR) is 64.9 cm³/mol. The third kappa shape index (κ3) is 2.19. The van der Waals surface area contributed by atoms with Crippen LogP contribution in [0, 0.1) is 5.92 Å². The van der Waals surface area contributed by atoms with Crippen molar-refractivity contribution in [1.82, 2.24) is 4.98 Å². The lowest BCUT2D eigenvalue weighted by atomic mass is 10.2. The topological polar surface area (TPSA) is 53.4 Å². The number of halogens is 1. The fourth-order valence-electron chi connectivity index (χ4n) is 1.97. The number of carboxylic acid groups (broad SMARTS) is 1. The minimum Gasteiger partial charge on any atom is -0.478 e. The van der Waals surface area contributed by atoms with E-state index in [0.29, 0.717) is 16.2 Å². The van der Waals surface area contributed by atoms with Crippen LogP contribution >= 0.6 is 15.9 Å². The van der Waals surface area contributed by atoms with E-state index in [1.54, 1.807) is 12.3 Å². The Balaban J connectivity index is 2.36. The molecule has 1 aromatic rings. The maximum Gasteiger partial charge on any atom is 0.339 e. The molecule has 5 heteroatoms. The van der Waals surface area contributed by atoms with E-state index in [4.69, 9.17) is 5.11 Å². The molecule has 0 radical (unpaired) electrons. The molecule has 4 nitrogen and oxygen atoms in total. The van der Waals surface area contributed by atoms with Crippen molar-refractivity contribution < 1.29 is 9.90 Å². The highest BCUT2D eigenvalue weighted by Gasteiger charge is 2.24. The molecule has 1 saturated heterocycles. The van der Waals surface area contributed by atoms with Gasteiger partial charge in [0.05, 0.1) is 0 Å². The number of aromatic nitrogens is 1. The zero-order valence-corrected chi connectivity index (χ0v) is 10.6. The summed E-state index contributed by atoms with van der Waals surface area (Å²) in [5, 5.41) is 9.13. The van der Waals surface area contributed by atoms with E-state index >= 15 is 0 Å². The molecule has 0 aliphatic carbocycles. The van der Waals surface area contributed by atoms with E-state index in [2.05, 4.69) is 27.8 Å². The van der Waals surface area contributed by atoms with Gasteiger partial charge >= 0.3 is 5.97 Å². The molecule has 2 rings (SSSR count). The van der Waals surface area contributed by atoms with Crippen LogP contribution in [0.4, 0.5) is 5.82 Å². The number of anilines is 1. The van der Waals surface area contributed by atoms with Crippen molar-refractivity contribution in [3.05, 3.63) is 22.3 Å². The summed E-state index contributed by atoms with van der Waals surface area (Å²) in [6, 6.07) is 1.60. The molecule has 1 unspecified atom stereocenters. The first-order valence-electron chi connectivity index (χ1n) is 5.21. The van der Waals surface area contributed by atoms with Gasteiger partial charge in [0.2, 0.25) is 0 Å². The van der Waals surface area contributed by atoms with E-state index in [-0.39, 0.29) is 5.56 Å². The molecule has 1 atom stereocenters. The Bertz CT molecular complexity index is 422. The summed E-state index contributed by atoms with van der Waals surface area (Å²) in [5.74, 6) is 0.260. The van der Waals surface area contributed by atoms with Gasteiger partial charge in [-0.25, -0.2) is 9.78 Å². The Kier molecular flexibility index (Phi) is 3.14. The largest absolute Gasteiger partial charge is 0.478 e. The lowest BCUT2D eigenvalue weighted by Gasteiger charge is -2.18. The van der Waals surface area contributed by atoms with Crippen LogP contribution in [0.3, 0.4) is 0 Å². The summed E-state index contributed by atoms with van der Waals surface area (Å²) < 4.78 is 0.695. The van der Waals surface area contributed by atoms with Crippen molar-refractivity contribution in [3.8, 4) is 0 Å². The van der Waals surface area contributed by atoms with Crippen molar-refractivity contribution in [2.75, 3.05) is 18.0 Å². The van der Waals surface area contributed by atoms with Gasteiger partial charge in [-0.3, -0.25) is 0 Å². The van der Waals surface area contributed by atoms with Gasteiger partial charge in [-0.2, -0.15) is 0 Å². The molecule has 0 spiro atoms. The van der Waals surface area contributed by atoms with Gasteiger partial charge in [0, 0.05) is 23.8 Å². The highest BCUT2D eigenvalue weighted by Crippen LogP contribution is 2.26. The van der Waals surface area contributed by atoms with Crippen LogP contribution in [0.15, 0.2) is 16.7 Å². The fourth-order valence-corrected chi connectivity index (χ4v) is 2.30. The Morgan fingerprint density at radius 2 is 2.44 bits per heavy atom. The quantitative estimate of drug-likeness (QED) is 0.906. The molecule has 1 aliphatic rings. The second kappa shape index (κ2) is 4.41. The highest BCUT2D eigenvalue weighted by molar-refractivity contribution is 9.10. The average molecular weight is 285 g/mol. The lowest BCUT2D eigenvalue weighted by molar-refractivity contribution is 0.0697. The number of hydrogen-bond donors (Lipinski definition) is 1. The number of rotatable bonds is 2. The summed E-state index contributed by atoms with van der Waals surface area (Å²) in [4.78, 5) is 17.4. The molecule has 2 heterocycles. The van der Waals surface area contributed by atoms with Crippen LogP contribution in [0.25, 0.3) is 0 Å². The van der Waals surface area contributed by atoms with Crippen molar-refractivity contribution in [2.24, 2.45) is 5.92 Å². The maximum absolute atomic E-state index is 11.1. The van der Waals surface area contributed by atoms with Gasteiger partial charge in [-0.15, -0.1) is 0 Å². The van der Waals surface area contributed by atoms with Crippen LogP contribution < -0.4 is 4.90 Å². The molecule has 86 valence electrons. The maximum atomic E-state index is 11.1. The average Bonchev–Trinajstić information content (AvgIpc) is 2.64. The van der Waals surface area contributed by atoms with Gasteiger partial charge in [0.25, 0.3) is 0 Å². The fraction of sp³-hybridized carbons (Fsp3) is 0.455. The number of nitrogens with zero attached hydrogens (tertiary/aromatic N) is 2. The zero-order valence-electron chi connectivity index (χ0n) is 8.98. The van der Waals surface area contributed by atoms with Crippen LogP contribution in [0.1, 0.15) is 23.7 Å². The molecule has 0 aromatic carbocycles. The molecular formula is C11H13BrN2O2. The predicted octanol–water partition coefficient (Wildman–Crippen LogP) is 2.39. The first kappa shape index (κ1) is 11.4. The number of pyridine rings is 1. The number of carboxylic acids is 1. The van der Waals surface area contributed by atoms with Gasteiger partial charge in [-0.1, -0.05) is 6.92 Å². The monoisotopic (exact) mass is 284 g/mol. The van der Waals surface area contributed by atoms with E-state index in [1.807, 2.05) is 4.90 Å². The van der Waals surface area contributed by atoms with E-state index in [9.17, 15) is 4.79 Å².